The highest BCUT2D eigenvalue weighted by Gasteiger charge is 2.24. The van der Waals surface area contributed by atoms with E-state index in [1.54, 1.807) is 24.3 Å². The van der Waals surface area contributed by atoms with Crippen LogP contribution < -0.4 is 9.47 Å². The van der Waals surface area contributed by atoms with Crippen molar-refractivity contribution in [2.24, 2.45) is 7.05 Å². The predicted octanol–water partition coefficient (Wildman–Crippen LogP) is 5.90. The number of imidazole rings is 1. The first-order chi connectivity index (χ1) is 20.0. The normalized spacial score (nSPS) is 15.5. The van der Waals surface area contributed by atoms with E-state index in [-0.39, 0.29) is 23.8 Å². The molecule has 0 bridgehead atoms. The fourth-order valence-electron chi connectivity index (χ4n) is 4.98. The van der Waals surface area contributed by atoms with Gasteiger partial charge in [0.15, 0.2) is 0 Å². The van der Waals surface area contributed by atoms with E-state index in [1.807, 2.05) is 23.7 Å². The minimum Gasteiger partial charge on any atom is -0.492 e. The highest BCUT2D eigenvalue weighted by Crippen LogP contribution is 2.31. The summed E-state index contributed by atoms with van der Waals surface area (Å²) in [7, 11) is 3.17. The van der Waals surface area contributed by atoms with Crippen LogP contribution in [0.25, 0.3) is 11.0 Å². The Hall–Kier alpha value is -3.69. The first-order valence-electron chi connectivity index (χ1n) is 14.0. The lowest BCUT2D eigenvalue weighted by Gasteiger charge is -2.31. The van der Waals surface area contributed by atoms with Crippen molar-refractivity contribution in [2.75, 3.05) is 26.8 Å². The van der Waals surface area contributed by atoms with Crippen molar-refractivity contribution in [1.29, 1.82) is 0 Å². The van der Waals surface area contributed by atoms with Gasteiger partial charge >= 0.3 is 5.97 Å². The van der Waals surface area contributed by atoms with E-state index in [0.29, 0.717) is 34.0 Å². The van der Waals surface area contributed by atoms with E-state index < -0.39 is 18.3 Å². The van der Waals surface area contributed by atoms with E-state index in [4.69, 9.17) is 38.5 Å². The summed E-state index contributed by atoms with van der Waals surface area (Å²) in [6, 6.07) is 13.3. The number of methoxy groups -OCH3 is 1. The van der Waals surface area contributed by atoms with Crippen molar-refractivity contribution in [3.63, 3.8) is 0 Å². The maximum atomic E-state index is 14.1. The maximum Gasteiger partial charge on any atom is 0.338 e. The molecule has 8 nitrogen and oxygen atoms in total. The van der Waals surface area contributed by atoms with E-state index >= 15 is 0 Å². The Balaban J connectivity index is 1.25. The van der Waals surface area contributed by atoms with Crippen molar-refractivity contribution in [1.82, 2.24) is 19.4 Å². The number of aryl methyl sites for hydroxylation is 1. The van der Waals surface area contributed by atoms with Crippen LogP contribution in [-0.4, -0.2) is 52.2 Å². The number of likely N-dealkylation sites (tertiary alicyclic amines) is 1. The average molecular weight is 569 g/mol. The summed E-state index contributed by atoms with van der Waals surface area (Å²) < 4.78 is 47.9. The molecule has 1 fully saturated rings. The number of benzene rings is 2. The van der Waals surface area contributed by atoms with E-state index in [2.05, 4.69) is 4.90 Å². The lowest BCUT2D eigenvalue weighted by atomic mass is 9.93. The second-order valence-corrected chi connectivity index (χ2v) is 10.1. The van der Waals surface area contributed by atoms with Gasteiger partial charge in [0, 0.05) is 35.3 Å². The first kappa shape index (κ1) is 25.3. The van der Waals surface area contributed by atoms with Gasteiger partial charge in [0.25, 0.3) is 0 Å². The van der Waals surface area contributed by atoms with Gasteiger partial charge in [-0.2, -0.15) is 0 Å². The number of ether oxygens (including phenoxy) is 3. The Morgan fingerprint density at radius 2 is 1.95 bits per heavy atom. The molecule has 10 heteroatoms. The Kier molecular flexibility index (Phi) is 7.73. The zero-order chi connectivity index (χ0) is 30.0. The van der Waals surface area contributed by atoms with Crippen molar-refractivity contribution in [3.8, 4) is 11.6 Å². The van der Waals surface area contributed by atoms with Crippen LogP contribution in [0.2, 0.25) is 5.02 Å². The van der Waals surface area contributed by atoms with Gasteiger partial charge in [0.1, 0.15) is 29.5 Å². The topological polar surface area (TPSA) is 78.7 Å². The molecule has 0 unspecified atom stereocenters. The van der Waals surface area contributed by atoms with Crippen LogP contribution in [0.4, 0.5) is 4.39 Å². The highest BCUT2D eigenvalue weighted by molar-refractivity contribution is 6.30. The molecule has 3 heterocycles. The standard InChI is InChI=1S/C30H32ClFN4O4/c1-4-39-26-15-21(30(37)38-3)14-25-29(26)34-27(35(25)2)17-36-12-10-19(11-13-36)24-6-5-7-28(33-24)40-18-20-8-9-22(31)16-23(20)32/h5-9,14-16,19H,4,10-13,17-18H2,1-3H3/i4D2. The fraction of sp³-hybridized carbons (Fsp3) is 0.367. The number of aromatic nitrogens is 3. The number of hydrogen-bond acceptors (Lipinski definition) is 7. The molecule has 0 aliphatic carbocycles. The Bertz CT molecular complexity index is 1600. The summed E-state index contributed by atoms with van der Waals surface area (Å²) in [6.45, 7) is 1.63. The molecule has 1 aliphatic rings. The summed E-state index contributed by atoms with van der Waals surface area (Å²) in [5, 5.41) is 0.339. The molecule has 0 N–H and O–H groups in total. The third kappa shape index (κ3) is 6.05. The van der Waals surface area contributed by atoms with Gasteiger partial charge in [-0.25, -0.2) is 19.2 Å². The number of nitrogens with zero attached hydrogens (tertiary/aromatic N) is 4. The second-order valence-electron chi connectivity index (χ2n) is 9.70. The molecule has 0 spiro atoms. The van der Waals surface area contributed by atoms with E-state index in [9.17, 15) is 9.18 Å². The number of hydrogen-bond donors (Lipinski definition) is 0. The minimum absolute atomic E-state index is 0.0621. The van der Waals surface area contributed by atoms with E-state index in [0.717, 1.165) is 37.4 Å². The van der Waals surface area contributed by atoms with Crippen LogP contribution in [0.3, 0.4) is 0 Å². The zero-order valence-electron chi connectivity index (χ0n) is 24.6. The van der Waals surface area contributed by atoms with Crippen molar-refractivity contribution < 1.29 is 26.1 Å². The molecule has 0 atom stereocenters. The van der Waals surface area contributed by atoms with Gasteiger partial charge in [-0.1, -0.05) is 23.7 Å². The van der Waals surface area contributed by atoms with Gasteiger partial charge in [0.05, 0.1) is 34.0 Å². The van der Waals surface area contributed by atoms with Gasteiger partial charge in [-0.15, -0.1) is 0 Å². The molecule has 1 saturated heterocycles. The molecular weight excluding hydrogens is 535 g/mol. The Morgan fingerprint density at radius 3 is 2.67 bits per heavy atom. The average Bonchev–Trinajstić information content (AvgIpc) is 3.27. The number of halogens is 2. The van der Waals surface area contributed by atoms with Crippen LogP contribution in [0, 0.1) is 5.82 Å². The molecule has 0 radical (unpaired) electrons. The number of pyridine rings is 1. The largest absolute Gasteiger partial charge is 0.492 e. The summed E-state index contributed by atoms with van der Waals surface area (Å²) in [5.74, 6) is 0.716. The number of fused-ring (bicyclic) bond motifs is 1. The van der Waals surface area contributed by atoms with Crippen LogP contribution in [0.5, 0.6) is 11.6 Å². The van der Waals surface area contributed by atoms with Crippen LogP contribution in [0.15, 0.2) is 48.5 Å². The lowest BCUT2D eigenvalue weighted by Crippen LogP contribution is -2.33. The molecule has 40 heavy (non-hydrogen) atoms. The minimum atomic E-state index is -1.95. The number of piperidine rings is 1. The summed E-state index contributed by atoms with van der Waals surface area (Å²) in [5.41, 5.74) is 2.76. The first-order valence-corrected chi connectivity index (χ1v) is 13.4. The van der Waals surface area contributed by atoms with Gasteiger partial charge < -0.3 is 18.8 Å². The number of carbonyl (C=O) groups excluding carboxylic acids is 1. The highest BCUT2D eigenvalue weighted by atomic mass is 35.5. The molecule has 1 aliphatic heterocycles. The van der Waals surface area contributed by atoms with Gasteiger partial charge in [-0.05, 0) is 63.2 Å². The maximum absolute atomic E-state index is 14.1. The summed E-state index contributed by atoms with van der Waals surface area (Å²) in [4.78, 5) is 24.0. The van der Waals surface area contributed by atoms with Crippen molar-refractivity contribution in [3.05, 3.63) is 82.0 Å². The molecule has 2 aromatic heterocycles. The molecule has 0 amide bonds. The third-order valence-electron chi connectivity index (χ3n) is 7.18. The SMILES string of the molecule is [2H]C([2H])(C)Oc1cc(C(=O)OC)cc2c1nc(CN1CCC(c3cccc(OCc4ccc(Cl)cc4F)n3)CC1)n2C. The van der Waals surface area contributed by atoms with Crippen molar-refractivity contribution in [2.45, 2.75) is 38.8 Å². The third-order valence-corrected chi connectivity index (χ3v) is 7.42. The Morgan fingerprint density at radius 1 is 1.15 bits per heavy atom. The number of rotatable bonds is 9. The van der Waals surface area contributed by atoms with Crippen molar-refractivity contribution >= 4 is 28.6 Å². The smallest absolute Gasteiger partial charge is 0.338 e. The summed E-state index contributed by atoms with van der Waals surface area (Å²) in [6.07, 6.45) is 1.78. The Labute approximate surface area is 240 Å². The predicted molar refractivity (Wildman–Crippen MR) is 150 cm³/mol. The molecule has 5 rings (SSSR count). The molecule has 2 aromatic carbocycles. The quantitative estimate of drug-likeness (QED) is 0.232. The zero-order valence-corrected chi connectivity index (χ0v) is 23.4. The monoisotopic (exact) mass is 568 g/mol. The van der Waals surface area contributed by atoms with Gasteiger partial charge in [-0.3, -0.25) is 4.90 Å². The molecule has 210 valence electrons. The number of carbonyl (C=O) groups is 1. The fourth-order valence-corrected chi connectivity index (χ4v) is 5.14. The molecular formula is C30H32ClFN4O4. The van der Waals surface area contributed by atoms with Gasteiger partial charge in [0.2, 0.25) is 5.88 Å². The van der Waals surface area contributed by atoms with Crippen LogP contribution in [0.1, 0.15) is 55.9 Å². The van der Waals surface area contributed by atoms with E-state index in [1.165, 1.54) is 26.2 Å². The van der Waals surface area contributed by atoms with Crippen LogP contribution >= 0.6 is 11.6 Å². The number of esters is 1. The molecule has 0 saturated carbocycles. The molecule has 4 aromatic rings. The second kappa shape index (κ2) is 12.2. The van der Waals surface area contributed by atoms with Crippen LogP contribution in [-0.2, 0) is 24.9 Å². The lowest BCUT2D eigenvalue weighted by molar-refractivity contribution is 0.0600. The summed E-state index contributed by atoms with van der Waals surface area (Å²) >= 11 is 5.84.